The molecule has 0 spiro atoms. The Kier molecular flexibility index (Phi) is 6.01. The van der Waals surface area contributed by atoms with Crippen LogP contribution in [0, 0.1) is 12.7 Å². The summed E-state index contributed by atoms with van der Waals surface area (Å²) in [7, 11) is 0. The fourth-order valence-electron chi connectivity index (χ4n) is 2.44. The number of nitrogens with zero attached hydrogens (tertiary/aromatic N) is 3. The highest BCUT2D eigenvalue weighted by Gasteiger charge is 2.18. The van der Waals surface area contributed by atoms with Crippen molar-refractivity contribution in [2.24, 2.45) is 5.10 Å². The quantitative estimate of drug-likeness (QED) is 0.512. The maximum atomic E-state index is 13.2. The van der Waals surface area contributed by atoms with Gasteiger partial charge in [0.05, 0.1) is 29.8 Å². The molecule has 1 N–H and O–H groups in total. The van der Waals surface area contributed by atoms with Crippen molar-refractivity contribution in [3.05, 3.63) is 71.7 Å². The Morgan fingerprint density at radius 3 is 2.61 bits per heavy atom. The van der Waals surface area contributed by atoms with Crippen LogP contribution in [0.25, 0.3) is 5.69 Å². The molecule has 0 saturated heterocycles. The van der Waals surface area contributed by atoms with E-state index in [0.717, 1.165) is 5.69 Å². The number of hydrogen-bond donors (Lipinski definition) is 1. The van der Waals surface area contributed by atoms with Gasteiger partial charge in [-0.2, -0.15) is 14.9 Å². The fourth-order valence-corrected chi connectivity index (χ4v) is 2.44. The van der Waals surface area contributed by atoms with Gasteiger partial charge in [0.25, 0.3) is 0 Å². The van der Waals surface area contributed by atoms with E-state index in [1.165, 1.54) is 30.5 Å². The maximum absolute atomic E-state index is 13.2. The Morgan fingerprint density at radius 1 is 1.21 bits per heavy atom. The molecule has 1 heterocycles. The van der Waals surface area contributed by atoms with Crippen molar-refractivity contribution in [3.8, 4) is 17.3 Å². The topological polar surface area (TPSA) is 77.7 Å². The molecular weight excluding hydrogens is 363 g/mol. The standard InChI is InChI=1S/C20H19FN4O3/c1-3-27-20(26)23-22-13-18-14(2)24-25(16-7-5-4-6-8-16)19(18)28-17-11-9-15(21)10-12-17/h4-13H,3H2,1-2H3,(H,23,26)/b22-13+. The molecule has 0 radical (unpaired) electrons. The average Bonchev–Trinajstić information content (AvgIpc) is 3.00. The highest BCUT2D eigenvalue weighted by molar-refractivity contribution is 5.85. The van der Waals surface area contributed by atoms with Crippen molar-refractivity contribution < 1.29 is 18.7 Å². The molecule has 2 aromatic carbocycles. The molecular formula is C20H19FN4O3. The number of carbonyl (C=O) groups is 1. The van der Waals surface area contributed by atoms with E-state index in [-0.39, 0.29) is 12.4 Å². The summed E-state index contributed by atoms with van der Waals surface area (Å²) in [4.78, 5) is 11.4. The van der Waals surface area contributed by atoms with Gasteiger partial charge in [0, 0.05) is 0 Å². The van der Waals surface area contributed by atoms with Gasteiger partial charge in [-0.25, -0.2) is 14.6 Å². The van der Waals surface area contributed by atoms with Crippen LogP contribution in [-0.4, -0.2) is 28.7 Å². The van der Waals surface area contributed by atoms with Gasteiger partial charge in [0.1, 0.15) is 11.6 Å². The molecule has 0 aliphatic rings. The lowest BCUT2D eigenvalue weighted by atomic mass is 10.2. The smallest absolute Gasteiger partial charge is 0.427 e. The lowest BCUT2D eigenvalue weighted by Gasteiger charge is -2.10. The Bertz CT molecular complexity index is 969. The van der Waals surface area contributed by atoms with E-state index in [1.807, 2.05) is 30.3 Å². The summed E-state index contributed by atoms with van der Waals surface area (Å²) < 4.78 is 25.6. The minimum Gasteiger partial charge on any atom is -0.449 e. The number of benzene rings is 2. The molecule has 3 aromatic rings. The third-order valence-electron chi connectivity index (χ3n) is 3.72. The van der Waals surface area contributed by atoms with Crippen molar-refractivity contribution in [3.63, 3.8) is 0 Å². The molecule has 1 aromatic heterocycles. The number of ether oxygens (including phenoxy) is 2. The van der Waals surface area contributed by atoms with E-state index < -0.39 is 6.09 Å². The van der Waals surface area contributed by atoms with Gasteiger partial charge in [-0.15, -0.1) is 0 Å². The van der Waals surface area contributed by atoms with Crippen LogP contribution in [0.2, 0.25) is 0 Å². The summed E-state index contributed by atoms with van der Waals surface area (Å²) in [6, 6.07) is 15.1. The Labute approximate surface area is 161 Å². The molecule has 0 aliphatic carbocycles. The minimum absolute atomic E-state index is 0.241. The van der Waals surface area contributed by atoms with Gasteiger partial charge in [-0.1, -0.05) is 18.2 Å². The van der Waals surface area contributed by atoms with Gasteiger partial charge in [-0.05, 0) is 50.2 Å². The molecule has 0 unspecified atom stereocenters. The van der Waals surface area contributed by atoms with Crippen LogP contribution in [0.4, 0.5) is 9.18 Å². The molecule has 28 heavy (non-hydrogen) atoms. The minimum atomic E-state index is -0.659. The number of hydrazone groups is 1. The van der Waals surface area contributed by atoms with Crippen molar-refractivity contribution in [2.45, 2.75) is 13.8 Å². The fraction of sp³-hybridized carbons (Fsp3) is 0.150. The highest BCUT2D eigenvalue weighted by Crippen LogP contribution is 2.29. The number of rotatable bonds is 6. The van der Waals surface area contributed by atoms with E-state index in [4.69, 9.17) is 9.47 Å². The van der Waals surface area contributed by atoms with Gasteiger partial charge in [0.2, 0.25) is 5.88 Å². The van der Waals surface area contributed by atoms with E-state index >= 15 is 0 Å². The first-order valence-corrected chi connectivity index (χ1v) is 8.62. The first kappa shape index (κ1) is 19.1. The molecule has 0 aliphatic heterocycles. The van der Waals surface area contributed by atoms with Crippen LogP contribution < -0.4 is 10.2 Å². The molecule has 0 bridgehead atoms. The Balaban J connectivity index is 1.98. The van der Waals surface area contributed by atoms with Gasteiger partial charge in [-0.3, -0.25) is 0 Å². The van der Waals surface area contributed by atoms with Crippen LogP contribution in [-0.2, 0) is 4.74 Å². The monoisotopic (exact) mass is 382 g/mol. The second-order valence-electron chi connectivity index (χ2n) is 5.70. The normalized spacial score (nSPS) is 10.8. The zero-order valence-corrected chi connectivity index (χ0v) is 15.4. The molecule has 0 fully saturated rings. The van der Waals surface area contributed by atoms with Crippen molar-refractivity contribution in [2.75, 3.05) is 6.61 Å². The maximum Gasteiger partial charge on any atom is 0.427 e. The van der Waals surface area contributed by atoms with E-state index in [1.54, 1.807) is 18.5 Å². The van der Waals surface area contributed by atoms with Gasteiger partial charge < -0.3 is 9.47 Å². The van der Waals surface area contributed by atoms with Crippen molar-refractivity contribution >= 4 is 12.3 Å². The van der Waals surface area contributed by atoms with Crippen LogP contribution in [0.3, 0.4) is 0 Å². The number of carbonyl (C=O) groups excluding carboxylic acids is 1. The number of aryl methyl sites for hydroxylation is 1. The molecule has 144 valence electrons. The number of nitrogens with one attached hydrogen (secondary N) is 1. The molecule has 0 saturated carbocycles. The number of halogens is 1. The predicted molar refractivity (Wildman–Crippen MR) is 103 cm³/mol. The SMILES string of the molecule is CCOC(=O)N/N=C/c1c(C)nn(-c2ccccc2)c1Oc1ccc(F)cc1. The number of hydrogen-bond acceptors (Lipinski definition) is 5. The van der Waals surface area contributed by atoms with E-state index in [2.05, 4.69) is 15.6 Å². The summed E-state index contributed by atoms with van der Waals surface area (Å²) in [6.45, 7) is 3.74. The number of para-hydroxylation sites is 1. The summed E-state index contributed by atoms with van der Waals surface area (Å²) in [5.74, 6) is 0.455. The predicted octanol–water partition coefficient (Wildman–Crippen LogP) is 4.19. The van der Waals surface area contributed by atoms with E-state index in [9.17, 15) is 9.18 Å². The van der Waals surface area contributed by atoms with Crippen LogP contribution in [0.1, 0.15) is 18.2 Å². The molecule has 3 rings (SSSR count). The Morgan fingerprint density at radius 2 is 1.93 bits per heavy atom. The molecule has 8 heteroatoms. The summed E-state index contributed by atoms with van der Waals surface area (Å²) in [6.07, 6.45) is 0.769. The van der Waals surface area contributed by atoms with Gasteiger partial charge >= 0.3 is 6.09 Å². The van der Waals surface area contributed by atoms with Gasteiger partial charge in [0.15, 0.2) is 0 Å². The lowest BCUT2D eigenvalue weighted by Crippen LogP contribution is -2.18. The zero-order chi connectivity index (χ0) is 19.9. The number of aromatic nitrogens is 2. The largest absolute Gasteiger partial charge is 0.449 e. The van der Waals surface area contributed by atoms with Crippen LogP contribution in [0.5, 0.6) is 11.6 Å². The first-order valence-electron chi connectivity index (χ1n) is 8.62. The summed E-state index contributed by atoms with van der Waals surface area (Å²) >= 11 is 0. The lowest BCUT2D eigenvalue weighted by molar-refractivity contribution is 0.152. The summed E-state index contributed by atoms with van der Waals surface area (Å²) in [5.41, 5.74) is 4.25. The zero-order valence-electron chi connectivity index (χ0n) is 15.4. The second-order valence-corrected chi connectivity index (χ2v) is 5.70. The van der Waals surface area contributed by atoms with Crippen molar-refractivity contribution in [1.29, 1.82) is 0 Å². The Hall–Kier alpha value is -3.68. The highest BCUT2D eigenvalue weighted by atomic mass is 19.1. The van der Waals surface area contributed by atoms with E-state index in [0.29, 0.717) is 22.9 Å². The van der Waals surface area contributed by atoms with Crippen LogP contribution in [0.15, 0.2) is 59.7 Å². The summed E-state index contributed by atoms with van der Waals surface area (Å²) in [5, 5.41) is 8.41. The third-order valence-corrected chi connectivity index (χ3v) is 3.72. The number of amides is 1. The first-order chi connectivity index (χ1) is 13.6. The molecule has 1 amide bonds. The molecule has 0 atom stereocenters. The van der Waals surface area contributed by atoms with Crippen LogP contribution >= 0.6 is 0 Å². The van der Waals surface area contributed by atoms with Crippen molar-refractivity contribution in [1.82, 2.24) is 15.2 Å². The second kappa shape index (κ2) is 8.81. The average molecular weight is 382 g/mol. The molecule has 7 nitrogen and oxygen atoms in total. The third kappa shape index (κ3) is 4.53.